The molecule has 2 heterocycles. The lowest BCUT2D eigenvalue weighted by molar-refractivity contribution is -0.269. The summed E-state index contributed by atoms with van der Waals surface area (Å²) < 4.78 is 5.82. The summed E-state index contributed by atoms with van der Waals surface area (Å²) >= 11 is 0. The van der Waals surface area contributed by atoms with Crippen molar-refractivity contribution in [2.45, 2.75) is 57.7 Å². The number of nitrogens with zero attached hydrogens (tertiary/aromatic N) is 1. The Morgan fingerprint density at radius 1 is 0.938 bits per heavy atom. The summed E-state index contributed by atoms with van der Waals surface area (Å²) in [5, 5.41) is 1.97. The van der Waals surface area contributed by atoms with E-state index in [2.05, 4.69) is 27.7 Å². The second-order valence-corrected chi connectivity index (χ2v) is 9.92. The van der Waals surface area contributed by atoms with E-state index in [-0.39, 0.29) is 28.4 Å². The molecule has 1 saturated heterocycles. The van der Waals surface area contributed by atoms with Crippen LogP contribution in [0.15, 0.2) is 66.2 Å². The van der Waals surface area contributed by atoms with Crippen LogP contribution in [0.25, 0.3) is 5.57 Å². The third-order valence-electron chi connectivity index (χ3n) is 6.54. The molecule has 1 atom stereocenters. The van der Waals surface area contributed by atoms with Crippen molar-refractivity contribution in [3.05, 3.63) is 77.4 Å². The SMILES string of the molecule is CON1C(C)(C)CC(C(=O)C2=C(c3ccccc3)C(c3ccccc3)OC2=O)CC1(C)C. The predicted octanol–water partition coefficient (Wildman–Crippen LogP) is 5.14. The topological polar surface area (TPSA) is 55.8 Å². The van der Waals surface area contributed by atoms with Crippen LogP contribution in [0.3, 0.4) is 0 Å². The van der Waals surface area contributed by atoms with Crippen LogP contribution in [0.1, 0.15) is 57.8 Å². The quantitative estimate of drug-likeness (QED) is 0.483. The van der Waals surface area contributed by atoms with Crippen LogP contribution >= 0.6 is 0 Å². The summed E-state index contributed by atoms with van der Waals surface area (Å²) in [6.45, 7) is 8.29. The van der Waals surface area contributed by atoms with E-state index in [9.17, 15) is 9.59 Å². The molecular formula is C27H31NO4. The average molecular weight is 434 g/mol. The molecule has 0 aliphatic carbocycles. The van der Waals surface area contributed by atoms with Crippen molar-refractivity contribution >= 4 is 17.3 Å². The highest BCUT2D eigenvalue weighted by Crippen LogP contribution is 2.46. The molecule has 0 amide bonds. The number of ketones is 1. The van der Waals surface area contributed by atoms with E-state index in [1.165, 1.54) is 0 Å². The maximum Gasteiger partial charge on any atom is 0.343 e. The molecule has 4 rings (SSSR count). The Hall–Kier alpha value is -2.76. The number of hydrogen-bond acceptors (Lipinski definition) is 5. The number of rotatable bonds is 5. The molecule has 2 aliphatic rings. The van der Waals surface area contributed by atoms with Gasteiger partial charge in [-0.2, -0.15) is 5.06 Å². The van der Waals surface area contributed by atoms with Crippen LogP contribution < -0.4 is 0 Å². The summed E-state index contributed by atoms with van der Waals surface area (Å²) in [5.74, 6) is -0.973. The molecule has 1 unspecified atom stereocenters. The van der Waals surface area contributed by atoms with E-state index in [0.29, 0.717) is 18.4 Å². The first-order valence-electron chi connectivity index (χ1n) is 11.1. The summed E-state index contributed by atoms with van der Waals surface area (Å²) in [6.07, 6.45) is 0.598. The molecule has 0 bridgehead atoms. The van der Waals surface area contributed by atoms with Crippen LogP contribution in [0.2, 0.25) is 0 Å². The van der Waals surface area contributed by atoms with Gasteiger partial charge >= 0.3 is 5.97 Å². The molecule has 0 N–H and O–H groups in total. The van der Waals surface area contributed by atoms with Crippen LogP contribution in [0.4, 0.5) is 0 Å². The van der Waals surface area contributed by atoms with Gasteiger partial charge in [-0.05, 0) is 51.7 Å². The molecule has 2 aromatic rings. The van der Waals surface area contributed by atoms with Gasteiger partial charge in [0.25, 0.3) is 0 Å². The third-order valence-corrected chi connectivity index (χ3v) is 6.54. The summed E-state index contributed by atoms with van der Waals surface area (Å²) in [6, 6.07) is 19.2. The molecule has 5 heteroatoms. The van der Waals surface area contributed by atoms with Crippen LogP contribution in [-0.4, -0.2) is 35.0 Å². The molecular weight excluding hydrogens is 402 g/mol. The van der Waals surface area contributed by atoms with E-state index in [1.54, 1.807) is 7.11 Å². The molecule has 5 nitrogen and oxygen atoms in total. The number of carbonyl (C=O) groups excluding carboxylic acids is 2. The van der Waals surface area contributed by atoms with Gasteiger partial charge in [0.1, 0.15) is 5.57 Å². The van der Waals surface area contributed by atoms with E-state index in [0.717, 1.165) is 11.1 Å². The lowest BCUT2D eigenvalue weighted by Gasteiger charge is -2.53. The monoisotopic (exact) mass is 433 g/mol. The number of benzene rings is 2. The largest absolute Gasteiger partial charge is 0.449 e. The second-order valence-electron chi connectivity index (χ2n) is 9.92. The van der Waals surface area contributed by atoms with Gasteiger partial charge in [-0.25, -0.2) is 4.79 Å². The lowest BCUT2D eigenvalue weighted by Crippen LogP contribution is -2.60. The average Bonchev–Trinajstić information content (AvgIpc) is 3.10. The highest BCUT2D eigenvalue weighted by Gasteiger charge is 2.50. The molecule has 1 fully saturated rings. The molecule has 0 radical (unpaired) electrons. The normalized spacial score (nSPS) is 23.3. The molecule has 32 heavy (non-hydrogen) atoms. The zero-order valence-electron chi connectivity index (χ0n) is 19.4. The molecule has 0 saturated carbocycles. The summed E-state index contributed by atoms with van der Waals surface area (Å²) in [5.41, 5.74) is 1.84. The van der Waals surface area contributed by atoms with Crippen molar-refractivity contribution in [2.75, 3.05) is 7.11 Å². The third kappa shape index (κ3) is 3.91. The molecule has 2 aromatic carbocycles. The zero-order chi connectivity index (χ0) is 23.1. The summed E-state index contributed by atoms with van der Waals surface area (Å²) in [4.78, 5) is 32.7. The number of ether oxygens (including phenoxy) is 1. The molecule has 2 aliphatic heterocycles. The van der Waals surface area contributed by atoms with Crippen molar-refractivity contribution in [1.29, 1.82) is 0 Å². The van der Waals surface area contributed by atoms with E-state index < -0.39 is 12.1 Å². The molecule has 168 valence electrons. The highest BCUT2D eigenvalue weighted by atomic mass is 16.7. The van der Waals surface area contributed by atoms with Gasteiger partial charge in [0.05, 0.1) is 7.11 Å². The molecule has 0 spiro atoms. The minimum atomic E-state index is -0.592. The van der Waals surface area contributed by atoms with Crippen molar-refractivity contribution in [3.63, 3.8) is 0 Å². The fourth-order valence-electron chi connectivity index (χ4n) is 5.62. The Morgan fingerprint density at radius 3 is 2.00 bits per heavy atom. The van der Waals surface area contributed by atoms with Crippen LogP contribution in [0.5, 0.6) is 0 Å². The Morgan fingerprint density at radius 2 is 1.47 bits per heavy atom. The first-order chi connectivity index (χ1) is 15.2. The van der Waals surface area contributed by atoms with E-state index in [1.807, 2.05) is 65.7 Å². The number of hydroxylamine groups is 2. The number of piperidine rings is 1. The number of cyclic esters (lactones) is 1. The highest BCUT2D eigenvalue weighted by molar-refractivity contribution is 6.26. The maximum absolute atomic E-state index is 13.9. The van der Waals surface area contributed by atoms with Gasteiger partial charge < -0.3 is 9.57 Å². The minimum absolute atomic E-state index is 0.135. The van der Waals surface area contributed by atoms with Gasteiger partial charge in [-0.3, -0.25) is 4.79 Å². The van der Waals surface area contributed by atoms with Crippen molar-refractivity contribution < 1.29 is 19.2 Å². The zero-order valence-corrected chi connectivity index (χ0v) is 19.4. The van der Waals surface area contributed by atoms with E-state index >= 15 is 0 Å². The Bertz CT molecular complexity index is 1020. The summed E-state index contributed by atoms with van der Waals surface area (Å²) in [7, 11) is 1.67. The van der Waals surface area contributed by atoms with E-state index in [4.69, 9.17) is 9.57 Å². The first-order valence-corrected chi connectivity index (χ1v) is 11.1. The maximum atomic E-state index is 13.9. The van der Waals surface area contributed by atoms with Gasteiger partial charge in [-0.15, -0.1) is 0 Å². The molecule has 0 aromatic heterocycles. The smallest absolute Gasteiger partial charge is 0.343 e. The second kappa shape index (κ2) is 8.30. The van der Waals surface area contributed by atoms with Crippen LogP contribution in [0, 0.1) is 5.92 Å². The van der Waals surface area contributed by atoms with Crippen molar-refractivity contribution in [3.8, 4) is 0 Å². The Balaban J connectivity index is 1.80. The fraction of sp³-hybridized carbons (Fsp3) is 0.407. The Kier molecular flexibility index (Phi) is 5.82. The Labute approximate surface area is 190 Å². The number of esters is 1. The number of hydrogen-bond donors (Lipinski definition) is 0. The van der Waals surface area contributed by atoms with Gasteiger partial charge in [0, 0.05) is 22.6 Å². The van der Waals surface area contributed by atoms with Gasteiger partial charge in [0.15, 0.2) is 11.9 Å². The minimum Gasteiger partial charge on any atom is -0.449 e. The predicted molar refractivity (Wildman–Crippen MR) is 123 cm³/mol. The fourth-order valence-corrected chi connectivity index (χ4v) is 5.62. The van der Waals surface area contributed by atoms with Gasteiger partial charge in [-0.1, -0.05) is 60.7 Å². The van der Waals surface area contributed by atoms with Crippen LogP contribution in [-0.2, 0) is 19.2 Å². The van der Waals surface area contributed by atoms with Crippen molar-refractivity contribution in [2.24, 2.45) is 5.92 Å². The van der Waals surface area contributed by atoms with Crippen molar-refractivity contribution in [1.82, 2.24) is 5.06 Å². The number of Topliss-reactive ketones (excluding diaryl/α,β-unsaturated/α-hetero) is 1. The standard InChI is InChI=1S/C27H31NO4/c1-26(2)16-20(17-27(3,4)28(26)31-5)23(29)22-21(18-12-8-6-9-13-18)24(32-25(22)30)19-14-10-7-11-15-19/h6-15,20,24H,16-17H2,1-5H3. The number of carbonyl (C=O) groups is 2. The lowest BCUT2D eigenvalue weighted by atomic mass is 9.72. The van der Waals surface area contributed by atoms with Gasteiger partial charge in [0.2, 0.25) is 0 Å². The first kappa shape index (κ1) is 22.4.